The minimum atomic E-state index is -0.753. The lowest BCUT2D eigenvalue weighted by molar-refractivity contribution is -0.136. The van der Waals surface area contributed by atoms with E-state index in [1.807, 2.05) is 0 Å². The molecule has 8 nitrogen and oxygen atoms in total. The van der Waals surface area contributed by atoms with Gasteiger partial charge in [0.2, 0.25) is 0 Å². The van der Waals surface area contributed by atoms with Gasteiger partial charge in [0.25, 0.3) is 0 Å². The first-order valence-electron chi connectivity index (χ1n) is 9.22. The molecule has 0 bridgehead atoms. The van der Waals surface area contributed by atoms with Crippen molar-refractivity contribution in [2.24, 2.45) is 5.92 Å². The minimum Gasteiger partial charge on any atom is -0.465 e. The fraction of sp³-hybridized carbons (Fsp3) is 0.526. The summed E-state index contributed by atoms with van der Waals surface area (Å²) in [4.78, 5) is 38.4. The van der Waals surface area contributed by atoms with Crippen molar-refractivity contribution in [3.63, 3.8) is 0 Å². The van der Waals surface area contributed by atoms with Crippen molar-refractivity contribution in [3.05, 3.63) is 23.8 Å². The molecule has 0 saturated carbocycles. The van der Waals surface area contributed by atoms with Crippen molar-refractivity contribution < 1.29 is 23.9 Å². The van der Waals surface area contributed by atoms with Gasteiger partial charge in [0.1, 0.15) is 0 Å². The number of rotatable bonds is 5. The third-order valence-electron chi connectivity index (χ3n) is 4.89. The van der Waals surface area contributed by atoms with E-state index in [4.69, 9.17) is 9.47 Å². The summed E-state index contributed by atoms with van der Waals surface area (Å²) in [5.41, 5.74) is 1.55. The predicted molar refractivity (Wildman–Crippen MR) is 99.8 cm³/mol. The summed E-state index contributed by atoms with van der Waals surface area (Å²) in [5, 5.41) is 5.30. The van der Waals surface area contributed by atoms with Crippen LogP contribution in [0.5, 0.6) is 0 Å². The lowest BCUT2D eigenvalue weighted by Crippen LogP contribution is -2.38. The normalized spacial score (nSPS) is 19.0. The van der Waals surface area contributed by atoms with Crippen molar-refractivity contribution >= 4 is 29.2 Å². The number of hydrogen-bond acceptors (Lipinski definition) is 6. The molecule has 2 heterocycles. The molecule has 2 aliphatic rings. The Labute approximate surface area is 158 Å². The maximum absolute atomic E-state index is 12.3. The third kappa shape index (κ3) is 4.77. The van der Waals surface area contributed by atoms with Gasteiger partial charge in [0.15, 0.2) is 0 Å². The Hall–Kier alpha value is -2.61. The molecule has 0 aliphatic carbocycles. The fourth-order valence-corrected chi connectivity index (χ4v) is 3.36. The molecule has 2 saturated heterocycles. The number of ether oxygens (including phenoxy) is 2. The number of nitrogens with zero attached hydrogens (tertiary/aromatic N) is 1. The standard InChI is InChI=1S/C19H25N3O5/c1-26-19(25)14-4-5-16(22-7-2-3-8-22)15(10-14)21-18(24)17(23)20-11-13-6-9-27-12-13/h4-5,10,13H,2-3,6-9,11-12H2,1H3,(H,20,23)(H,21,24). The molecule has 0 radical (unpaired) electrons. The lowest BCUT2D eigenvalue weighted by Gasteiger charge is -2.22. The molecule has 0 aromatic heterocycles. The quantitative estimate of drug-likeness (QED) is 0.592. The molecule has 2 N–H and O–H groups in total. The largest absolute Gasteiger partial charge is 0.465 e. The van der Waals surface area contributed by atoms with Crippen LogP contribution in [0.1, 0.15) is 29.6 Å². The molecule has 1 atom stereocenters. The number of carbonyl (C=O) groups is 3. The molecule has 2 fully saturated rings. The highest BCUT2D eigenvalue weighted by atomic mass is 16.5. The van der Waals surface area contributed by atoms with Crippen LogP contribution in [0.4, 0.5) is 11.4 Å². The molecule has 2 aliphatic heterocycles. The van der Waals surface area contributed by atoms with E-state index in [0.717, 1.165) is 38.0 Å². The zero-order valence-electron chi connectivity index (χ0n) is 15.5. The van der Waals surface area contributed by atoms with Crippen LogP contribution in [-0.2, 0) is 19.1 Å². The van der Waals surface area contributed by atoms with Gasteiger partial charge in [-0.05, 0) is 37.5 Å². The Balaban J connectivity index is 1.70. The van der Waals surface area contributed by atoms with E-state index in [1.165, 1.54) is 7.11 Å². The molecule has 27 heavy (non-hydrogen) atoms. The molecule has 2 amide bonds. The maximum atomic E-state index is 12.3. The van der Waals surface area contributed by atoms with Crippen molar-refractivity contribution in [2.45, 2.75) is 19.3 Å². The molecule has 3 rings (SSSR count). The van der Waals surface area contributed by atoms with Gasteiger partial charge in [-0.3, -0.25) is 9.59 Å². The highest BCUT2D eigenvalue weighted by Gasteiger charge is 2.23. The van der Waals surface area contributed by atoms with Crippen molar-refractivity contribution in [1.29, 1.82) is 0 Å². The lowest BCUT2D eigenvalue weighted by atomic mass is 10.1. The van der Waals surface area contributed by atoms with Crippen LogP contribution in [0.25, 0.3) is 0 Å². The van der Waals surface area contributed by atoms with Gasteiger partial charge >= 0.3 is 17.8 Å². The van der Waals surface area contributed by atoms with Crippen LogP contribution >= 0.6 is 0 Å². The molecule has 1 aromatic rings. The van der Waals surface area contributed by atoms with Crippen LogP contribution < -0.4 is 15.5 Å². The number of esters is 1. The zero-order chi connectivity index (χ0) is 19.2. The van der Waals surface area contributed by atoms with Gasteiger partial charge in [-0.1, -0.05) is 0 Å². The number of benzene rings is 1. The highest BCUT2D eigenvalue weighted by molar-refractivity contribution is 6.40. The predicted octanol–water partition coefficient (Wildman–Crippen LogP) is 1.16. The van der Waals surface area contributed by atoms with E-state index in [1.54, 1.807) is 18.2 Å². The average Bonchev–Trinajstić information content (AvgIpc) is 3.39. The number of carbonyl (C=O) groups excluding carboxylic acids is 3. The number of hydrogen-bond donors (Lipinski definition) is 2. The van der Waals surface area contributed by atoms with Crippen molar-refractivity contribution in [1.82, 2.24) is 5.32 Å². The summed E-state index contributed by atoms with van der Waals surface area (Å²) in [6, 6.07) is 4.99. The Kier molecular flexibility index (Phi) is 6.28. The van der Waals surface area contributed by atoms with Crippen LogP contribution in [-0.4, -0.2) is 57.7 Å². The van der Waals surface area contributed by atoms with Gasteiger partial charge in [0, 0.05) is 32.2 Å². The van der Waals surface area contributed by atoms with Crippen molar-refractivity contribution in [2.75, 3.05) is 50.2 Å². The van der Waals surface area contributed by atoms with Crippen LogP contribution in [0, 0.1) is 5.92 Å². The Bertz CT molecular complexity index is 709. The molecule has 1 unspecified atom stereocenters. The highest BCUT2D eigenvalue weighted by Crippen LogP contribution is 2.30. The summed E-state index contributed by atoms with van der Waals surface area (Å²) >= 11 is 0. The van der Waals surface area contributed by atoms with E-state index in [2.05, 4.69) is 15.5 Å². The van der Waals surface area contributed by atoms with Crippen molar-refractivity contribution in [3.8, 4) is 0 Å². The molecule has 146 valence electrons. The summed E-state index contributed by atoms with van der Waals surface area (Å²) in [6.07, 6.45) is 3.01. The molecule has 8 heteroatoms. The summed E-state index contributed by atoms with van der Waals surface area (Å²) in [6.45, 7) is 3.44. The second kappa shape index (κ2) is 8.85. The Morgan fingerprint density at radius 1 is 1.22 bits per heavy atom. The van der Waals surface area contributed by atoms with E-state index >= 15 is 0 Å². The monoisotopic (exact) mass is 375 g/mol. The van der Waals surface area contributed by atoms with E-state index in [0.29, 0.717) is 31.0 Å². The first-order chi connectivity index (χ1) is 13.1. The molecular formula is C19H25N3O5. The summed E-state index contributed by atoms with van der Waals surface area (Å²) in [5.74, 6) is -1.71. The van der Waals surface area contributed by atoms with E-state index in [-0.39, 0.29) is 5.92 Å². The smallest absolute Gasteiger partial charge is 0.337 e. The average molecular weight is 375 g/mol. The molecule has 1 aromatic carbocycles. The SMILES string of the molecule is COC(=O)c1ccc(N2CCCC2)c(NC(=O)C(=O)NCC2CCOC2)c1. The zero-order valence-corrected chi connectivity index (χ0v) is 15.5. The topological polar surface area (TPSA) is 97.0 Å². The van der Waals surface area contributed by atoms with Gasteiger partial charge in [-0.25, -0.2) is 4.79 Å². The van der Waals surface area contributed by atoms with Gasteiger partial charge in [-0.15, -0.1) is 0 Å². The van der Waals surface area contributed by atoms with Gasteiger partial charge < -0.3 is 25.0 Å². The first-order valence-corrected chi connectivity index (χ1v) is 9.22. The van der Waals surface area contributed by atoms with Crippen LogP contribution in [0.3, 0.4) is 0 Å². The molecule has 0 spiro atoms. The molecular weight excluding hydrogens is 350 g/mol. The second-order valence-electron chi connectivity index (χ2n) is 6.81. The van der Waals surface area contributed by atoms with Crippen LogP contribution in [0.15, 0.2) is 18.2 Å². The first kappa shape index (κ1) is 19.2. The Morgan fingerprint density at radius 3 is 2.67 bits per heavy atom. The maximum Gasteiger partial charge on any atom is 0.337 e. The summed E-state index contributed by atoms with van der Waals surface area (Å²) < 4.78 is 10.0. The van der Waals surface area contributed by atoms with E-state index < -0.39 is 17.8 Å². The summed E-state index contributed by atoms with van der Waals surface area (Å²) in [7, 11) is 1.30. The number of anilines is 2. The number of amides is 2. The third-order valence-corrected chi connectivity index (χ3v) is 4.89. The van der Waals surface area contributed by atoms with Gasteiger partial charge in [-0.2, -0.15) is 0 Å². The minimum absolute atomic E-state index is 0.240. The number of methoxy groups -OCH3 is 1. The fourth-order valence-electron chi connectivity index (χ4n) is 3.36. The second-order valence-corrected chi connectivity index (χ2v) is 6.81. The van der Waals surface area contributed by atoms with Gasteiger partial charge in [0.05, 0.1) is 30.7 Å². The Morgan fingerprint density at radius 2 is 2.00 bits per heavy atom. The van der Waals surface area contributed by atoms with Crippen LogP contribution in [0.2, 0.25) is 0 Å². The number of nitrogens with one attached hydrogen (secondary N) is 2. The van der Waals surface area contributed by atoms with E-state index in [9.17, 15) is 14.4 Å².